The fourth-order valence-electron chi connectivity index (χ4n) is 2.69. The average Bonchev–Trinajstić information content (AvgIpc) is 2.45. The third-order valence-corrected chi connectivity index (χ3v) is 3.61. The molecule has 1 aromatic carbocycles. The van der Waals surface area contributed by atoms with Crippen molar-refractivity contribution in [1.29, 1.82) is 0 Å². The van der Waals surface area contributed by atoms with Crippen molar-refractivity contribution in [1.82, 2.24) is 10.2 Å². The standard InChI is InChI=1S/C17H27N3O2/c1-13(2)11-20-7-8-22-16(12-20)10-18-17(21)19-15-6-4-5-14(3)9-15/h4-6,9,13,16H,7-8,10-12H2,1-3H3,(H2,18,19,21). The molecule has 0 aromatic heterocycles. The number of anilines is 1. The topological polar surface area (TPSA) is 53.6 Å². The van der Waals surface area contributed by atoms with E-state index in [1.807, 2.05) is 31.2 Å². The number of morpholine rings is 1. The Morgan fingerprint density at radius 3 is 3.00 bits per heavy atom. The molecule has 22 heavy (non-hydrogen) atoms. The predicted octanol–water partition coefficient (Wildman–Crippen LogP) is 2.47. The Morgan fingerprint density at radius 2 is 2.27 bits per heavy atom. The molecule has 1 fully saturated rings. The van der Waals surface area contributed by atoms with Gasteiger partial charge in [-0.1, -0.05) is 26.0 Å². The highest BCUT2D eigenvalue weighted by atomic mass is 16.5. The first-order valence-corrected chi connectivity index (χ1v) is 7.98. The third-order valence-electron chi connectivity index (χ3n) is 3.61. The molecule has 1 unspecified atom stereocenters. The Labute approximate surface area is 133 Å². The fourth-order valence-corrected chi connectivity index (χ4v) is 2.69. The van der Waals surface area contributed by atoms with E-state index in [0.29, 0.717) is 12.5 Å². The molecule has 1 heterocycles. The van der Waals surface area contributed by atoms with Gasteiger partial charge in [0.05, 0.1) is 12.7 Å². The van der Waals surface area contributed by atoms with Crippen molar-refractivity contribution in [2.45, 2.75) is 26.9 Å². The number of benzene rings is 1. The number of amides is 2. The van der Waals surface area contributed by atoms with Gasteiger partial charge in [-0.05, 0) is 30.5 Å². The Bertz CT molecular complexity index is 491. The molecular formula is C17H27N3O2. The average molecular weight is 305 g/mol. The molecule has 1 aliphatic heterocycles. The van der Waals surface area contributed by atoms with Crippen LogP contribution < -0.4 is 10.6 Å². The van der Waals surface area contributed by atoms with E-state index in [-0.39, 0.29) is 12.1 Å². The minimum atomic E-state index is -0.185. The number of nitrogens with zero attached hydrogens (tertiary/aromatic N) is 1. The van der Waals surface area contributed by atoms with Crippen LogP contribution in [0.2, 0.25) is 0 Å². The zero-order chi connectivity index (χ0) is 15.9. The molecule has 0 radical (unpaired) electrons. The zero-order valence-electron chi connectivity index (χ0n) is 13.8. The molecule has 0 saturated carbocycles. The van der Waals surface area contributed by atoms with Gasteiger partial charge in [0, 0.05) is 31.9 Å². The molecule has 1 atom stereocenters. The van der Waals surface area contributed by atoms with Crippen molar-refractivity contribution in [3.63, 3.8) is 0 Å². The van der Waals surface area contributed by atoms with E-state index in [9.17, 15) is 4.79 Å². The van der Waals surface area contributed by atoms with Gasteiger partial charge in [0.25, 0.3) is 0 Å². The van der Waals surface area contributed by atoms with Gasteiger partial charge in [0.15, 0.2) is 0 Å². The molecule has 1 aromatic rings. The first-order valence-electron chi connectivity index (χ1n) is 7.98. The minimum Gasteiger partial charge on any atom is -0.374 e. The summed E-state index contributed by atoms with van der Waals surface area (Å²) in [7, 11) is 0. The van der Waals surface area contributed by atoms with Gasteiger partial charge in [-0.2, -0.15) is 0 Å². The van der Waals surface area contributed by atoms with Crippen LogP contribution >= 0.6 is 0 Å². The normalized spacial score (nSPS) is 19.2. The zero-order valence-corrected chi connectivity index (χ0v) is 13.8. The molecule has 1 aliphatic rings. The van der Waals surface area contributed by atoms with Crippen LogP contribution in [-0.2, 0) is 4.74 Å². The summed E-state index contributed by atoms with van der Waals surface area (Å²) in [6.07, 6.45) is 0.0655. The van der Waals surface area contributed by atoms with Gasteiger partial charge >= 0.3 is 6.03 Å². The van der Waals surface area contributed by atoms with Gasteiger partial charge in [-0.25, -0.2) is 4.79 Å². The van der Waals surface area contributed by atoms with Crippen LogP contribution in [0.15, 0.2) is 24.3 Å². The summed E-state index contributed by atoms with van der Waals surface area (Å²) >= 11 is 0. The van der Waals surface area contributed by atoms with Gasteiger partial charge in [-0.15, -0.1) is 0 Å². The number of carbonyl (C=O) groups excluding carboxylic acids is 1. The molecule has 2 N–H and O–H groups in total. The maximum atomic E-state index is 11.9. The van der Waals surface area contributed by atoms with E-state index in [2.05, 4.69) is 29.4 Å². The molecule has 5 nitrogen and oxygen atoms in total. The number of carbonyl (C=O) groups is 1. The first kappa shape index (κ1) is 16.8. The lowest BCUT2D eigenvalue weighted by atomic mass is 10.2. The Balaban J connectivity index is 1.73. The quantitative estimate of drug-likeness (QED) is 0.878. The van der Waals surface area contributed by atoms with Gasteiger partial charge in [-0.3, -0.25) is 4.90 Å². The van der Waals surface area contributed by atoms with Gasteiger partial charge in [0.2, 0.25) is 0 Å². The van der Waals surface area contributed by atoms with Crippen molar-refractivity contribution >= 4 is 11.7 Å². The number of ether oxygens (including phenoxy) is 1. The number of hydrogen-bond donors (Lipinski definition) is 2. The smallest absolute Gasteiger partial charge is 0.319 e. The largest absolute Gasteiger partial charge is 0.374 e. The van der Waals surface area contributed by atoms with Crippen LogP contribution in [0.5, 0.6) is 0 Å². The van der Waals surface area contributed by atoms with Crippen LogP contribution in [0.4, 0.5) is 10.5 Å². The molecule has 2 rings (SSSR count). The molecule has 0 spiro atoms. The van der Waals surface area contributed by atoms with Crippen LogP contribution in [0.1, 0.15) is 19.4 Å². The highest BCUT2D eigenvalue weighted by Gasteiger charge is 2.21. The molecule has 0 aliphatic carbocycles. The molecule has 1 saturated heterocycles. The van der Waals surface area contributed by atoms with Crippen molar-refractivity contribution in [2.24, 2.45) is 5.92 Å². The number of nitrogens with one attached hydrogen (secondary N) is 2. The van der Waals surface area contributed by atoms with E-state index in [1.165, 1.54) is 0 Å². The van der Waals surface area contributed by atoms with Crippen molar-refractivity contribution < 1.29 is 9.53 Å². The summed E-state index contributed by atoms with van der Waals surface area (Å²) < 4.78 is 5.73. The highest BCUT2D eigenvalue weighted by molar-refractivity contribution is 5.89. The first-order chi connectivity index (χ1) is 10.5. The van der Waals surface area contributed by atoms with E-state index in [1.54, 1.807) is 0 Å². The predicted molar refractivity (Wildman–Crippen MR) is 89.2 cm³/mol. The summed E-state index contributed by atoms with van der Waals surface area (Å²) in [6.45, 7) is 10.6. The van der Waals surface area contributed by atoms with Crippen molar-refractivity contribution in [3.8, 4) is 0 Å². The Morgan fingerprint density at radius 1 is 1.45 bits per heavy atom. The lowest BCUT2D eigenvalue weighted by Crippen LogP contribution is -2.48. The maximum Gasteiger partial charge on any atom is 0.319 e. The number of urea groups is 1. The molecule has 0 bridgehead atoms. The van der Waals surface area contributed by atoms with Gasteiger partial charge in [0.1, 0.15) is 0 Å². The molecule has 5 heteroatoms. The van der Waals surface area contributed by atoms with E-state index >= 15 is 0 Å². The SMILES string of the molecule is Cc1cccc(NC(=O)NCC2CN(CC(C)C)CCO2)c1. The van der Waals surface area contributed by atoms with Crippen LogP contribution in [0.3, 0.4) is 0 Å². The maximum absolute atomic E-state index is 11.9. The summed E-state index contributed by atoms with van der Waals surface area (Å²) in [5, 5.41) is 5.74. The van der Waals surface area contributed by atoms with Crippen molar-refractivity contribution in [2.75, 3.05) is 38.1 Å². The van der Waals surface area contributed by atoms with Crippen LogP contribution in [0, 0.1) is 12.8 Å². The van der Waals surface area contributed by atoms with Gasteiger partial charge < -0.3 is 15.4 Å². The second-order valence-corrected chi connectivity index (χ2v) is 6.35. The van der Waals surface area contributed by atoms with E-state index in [0.717, 1.165) is 37.5 Å². The number of rotatable bonds is 5. The second-order valence-electron chi connectivity index (χ2n) is 6.35. The summed E-state index contributed by atoms with van der Waals surface area (Å²) in [6, 6.07) is 7.58. The Hall–Kier alpha value is -1.59. The Kier molecular flexibility index (Phi) is 6.21. The second kappa shape index (κ2) is 8.15. The van der Waals surface area contributed by atoms with E-state index < -0.39 is 0 Å². The summed E-state index contributed by atoms with van der Waals surface area (Å²) in [5.74, 6) is 0.649. The number of aryl methyl sites for hydroxylation is 1. The van der Waals surface area contributed by atoms with E-state index in [4.69, 9.17) is 4.74 Å². The summed E-state index contributed by atoms with van der Waals surface area (Å²) in [4.78, 5) is 14.3. The molecule has 122 valence electrons. The van der Waals surface area contributed by atoms with Crippen LogP contribution in [0.25, 0.3) is 0 Å². The lowest BCUT2D eigenvalue weighted by molar-refractivity contribution is -0.0288. The fraction of sp³-hybridized carbons (Fsp3) is 0.588. The minimum absolute atomic E-state index is 0.0655. The lowest BCUT2D eigenvalue weighted by Gasteiger charge is -2.33. The third kappa shape index (κ3) is 5.66. The highest BCUT2D eigenvalue weighted by Crippen LogP contribution is 2.10. The van der Waals surface area contributed by atoms with Crippen LogP contribution in [-0.4, -0.2) is 49.8 Å². The van der Waals surface area contributed by atoms with Crippen molar-refractivity contribution in [3.05, 3.63) is 29.8 Å². The molecule has 2 amide bonds. The molecular weight excluding hydrogens is 278 g/mol. The summed E-state index contributed by atoms with van der Waals surface area (Å²) in [5.41, 5.74) is 1.93. The number of hydrogen-bond acceptors (Lipinski definition) is 3. The monoisotopic (exact) mass is 305 g/mol.